The highest BCUT2D eigenvalue weighted by atomic mass is 35.5. The van der Waals surface area contributed by atoms with E-state index in [-0.39, 0.29) is 11.0 Å². The van der Waals surface area contributed by atoms with Crippen LogP contribution in [0.2, 0.25) is 0 Å². The zero-order valence-corrected chi connectivity index (χ0v) is 8.66. The molecule has 0 aliphatic heterocycles. The number of aldehydes is 1. The Balaban J connectivity index is 2.82. The lowest BCUT2D eigenvalue weighted by Crippen LogP contribution is -1.89. The van der Waals surface area contributed by atoms with E-state index in [2.05, 4.69) is 0 Å². The molecule has 0 N–H and O–H groups in total. The topological polar surface area (TPSA) is 17.1 Å². The van der Waals surface area contributed by atoms with E-state index in [1.807, 2.05) is 0 Å². The fourth-order valence-electron chi connectivity index (χ4n) is 1.40. The predicted molar refractivity (Wildman–Crippen MR) is 56.7 cm³/mol. The molecule has 0 saturated heterocycles. The minimum absolute atomic E-state index is 0.265. The largest absolute Gasteiger partial charge is 0.298 e. The van der Waals surface area contributed by atoms with Crippen LogP contribution in [0.1, 0.15) is 15.9 Å². The summed E-state index contributed by atoms with van der Waals surface area (Å²) >= 11 is 6.70. The van der Waals surface area contributed by atoms with Crippen LogP contribution in [0.3, 0.4) is 0 Å². The van der Waals surface area contributed by atoms with Crippen molar-refractivity contribution in [3.63, 3.8) is 0 Å². The SMILES string of the molecule is O=Cc1c(CCl)ccc2sc(F)cc12. The van der Waals surface area contributed by atoms with Crippen molar-refractivity contribution in [1.82, 2.24) is 0 Å². The Morgan fingerprint density at radius 3 is 2.93 bits per heavy atom. The van der Waals surface area contributed by atoms with E-state index >= 15 is 0 Å². The molecule has 0 radical (unpaired) electrons. The van der Waals surface area contributed by atoms with E-state index in [4.69, 9.17) is 11.6 Å². The Morgan fingerprint density at radius 1 is 1.50 bits per heavy atom. The van der Waals surface area contributed by atoms with Crippen LogP contribution < -0.4 is 0 Å². The highest BCUT2D eigenvalue weighted by Gasteiger charge is 2.09. The number of fused-ring (bicyclic) bond motifs is 1. The van der Waals surface area contributed by atoms with E-state index in [0.717, 1.165) is 27.9 Å². The second-order valence-electron chi connectivity index (χ2n) is 2.85. The molecule has 2 aromatic rings. The molecule has 0 aliphatic carbocycles. The second-order valence-corrected chi connectivity index (χ2v) is 4.15. The minimum atomic E-state index is -0.283. The van der Waals surface area contributed by atoms with Crippen LogP contribution in [0.15, 0.2) is 18.2 Å². The first kappa shape index (κ1) is 9.62. The monoisotopic (exact) mass is 228 g/mol. The van der Waals surface area contributed by atoms with Crippen LogP contribution >= 0.6 is 22.9 Å². The normalized spacial score (nSPS) is 10.7. The lowest BCUT2D eigenvalue weighted by molar-refractivity contribution is 0.112. The summed E-state index contributed by atoms with van der Waals surface area (Å²) in [6.45, 7) is 0. The van der Waals surface area contributed by atoms with Gasteiger partial charge in [-0.05, 0) is 17.7 Å². The molecular weight excluding hydrogens is 223 g/mol. The van der Waals surface area contributed by atoms with Crippen molar-refractivity contribution in [3.8, 4) is 0 Å². The zero-order valence-electron chi connectivity index (χ0n) is 7.09. The summed E-state index contributed by atoms with van der Waals surface area (Å²) in [5.41, 5.74) is 1.24. The first-order chi connectivity index (χ1) is 6.76. The van der Waals surface area contributed by atoms with Gasteiger partial charge in [0.2, 0.25) is 0 Å². The van der Waals surface area contributed by atoms with Gasteiger partial charge in [-0.25, -0.2) is 0 Å². The van der Waals surface area contributed by atoms with Crippen LogP contribution in [0.5, 0.6) is 0 Å². The Labute approximate surface area is 89.1 Å². The van der Waals surface area contributed by atoms with Crippen molar-refractivity contribution in [2.75, 3.05) is 0 Å². The quantitative estimate of drug-likeness (QED) is 0.567. The average Bonchev–Trinajstić information content (AvgIpc) is 2.56. The van der Waals surface area contributed by atoms with Crippen LogP contribution in [-0.2, 0) is 5.88 Å². The molecule has 0 spiro atoms. The smallest absolute Gasteiger partial charge is 0.177 e. The molecule has 2 rings (SSSR count). The van der Waals surface area contributed by atoms with Gasteiger partial charge in [-0.1, -0.05) is 6.07 Å². The molecule has 0 fully saturated rings. The van der Waals surface area contributed by atoms with Crippen molar-refractivity contribution in [1.29, 1.82) is 0 Å². The molecule has 0 aliphatic rings. The summed E-state index contributed by atoms with van der Waals surface area (Å²) in [5.74, 6) is 0.265. The zero-order chi connectivity index (χ0) is 10.1. The fourth-order valence-corrected chi connectivity index (χ4v) is 2.44. The van der Waals surface area contributed by atoms with E-state index in [1.165, 1.54) is 6.07 Å². The van der Waals surface area contributed by atoms with Crippen molar-refractivity contribution in [2.45, 2.75) is 5.88 Å². The Bertz CT molecular complexity index is 492. The van der Waals surface area contributed by atoms with E-state index in [1.54, 1.807) is 12.1 Å². The molecule has 1 aromatic heterocycles. The number of alkyl halides is 1. The van der Waals surface area contributed by atoms with Gasteiger partial charge >= 0.3 is 0 Å². The fraction of sp³-hybridized carbons (Fsp3) is 0.100. The number of rotatable bonds is 2. The van der Waals surface area contributed by atoms with Crippen molar-refractivity contribution in [2.24, 2.45) is 0 Å². The molecule has 1 heterocycles. The first-order valence-corrected chi connectivity index (χ1v) is 5.33. The van der Waals surface area contributed by atoms with Crippen molar-refractivity contribution < 1.29 is 9.18 Å². The minimum Gasteiger partial charge on any atom is -0.298 e. The van der Waals surface area contributed by atoms with Gasteiger partial charge in [-0.3, -0.25) is 4.79 Å². The van der Waals surface area contributed by atoms with Gasteiger partial charge in [0.25, 0.3) is 0 Å². The average molecular weight is 229 g/mol. The third kappa shape index (κ3) is 1.42. The summed E-state index contributed by atoms with van der Waals surface area (Å²) in [7, 11) is 0. The molecule has 1 nitrogen and oxygen atoms in total. The first-order valence-electron chi connectivity index (χ1n) is 3.98. The van der Waals surface area contributed by atoms with Gasteiger partial charge in [0.15, 0.2) is 11.4 Å². The highest BCUT2D eigenvalue weighted by molar-refractivity contribution is 7.17. The van der Waals surface area contributed by atoms with Crippen LogP contribution in [0, 0.1) is 5.13 Å². The molecule has 14 heavy (non-hydrogen) atoms. The van der Waals surface area contributed by atoms with Crippen LogP contribution in [0.4, 0.5) is 4.39 Å². The number of benzene rings is 1. The molecular formula is C10H6ClFOS. The lowest BCUT2D eigenvalue weighted by Gasteiger charge is -2.00. The van der Waals surface area contributed by atoms with Gasteiger partial charge < -0.3 is 0 Å². The van der Waals surface area contributed by atoms with E-state index < -0.39 is 0 Å². The summed E-state index contributed by atoms with van der Waals surface area (Å²) in [5, 5.41) is 0.371. The molecule has 72 valence electrons. The van der Waals surface area contributed by atoms with Crippen molar-refractivity contribution in [3.05, 3.63) is 34.5 Å². The Morgan fingerprint density at radius 2 is 2.29 bits per heavy atom. The molecule has 0 bridgehead atoms. The molecule has 0 atom stereocenters. The van der Waals surface area contributed by atoms with Crippen LogP contribution in [0.25, 0.3) is 10.1 Å². The number of thiophene rings is 1. The third-order valence-corrected chi connectivity index (χ3v) is 3.24. The standard InChI is InChI=1S/C10H6ClFOS/c11-4-6-1-2-9-7(8(6)5-13)3-10(12)14-9/h1-3,5H,4H2. The molecule has 0 unspecified atom stereocenters. The van der Waals surface area contributed by atoms with E-state index in [0.29, 0.717) is 10.9 Å². The third-order valence-electron chi connectivity index (χ3n) is 2.06. The summed E-state index contributed by atoms with van der Waals surface area (Å²) in [6.07, 6.45) is 0.728. The number of carbonyl (C=O) groups excluding carboxylic acids is 1. The molecule has 0 amide bonds. The van der Waals surface area contributed by atoms with Gasteiger partial charge in [-0.2, -0.15) is 4.39 Å². The van der Waals surface area contributed by atoms with Gasteiger partial charge in [0.05, 0.1) is 0 Å². The molecule has 1 aromatic carbocycles. The van der Waals surface area contributed by atoms with E-state index in [9.17, 15) is 9.18 Å². The van der Waals surface area contributed by atoms with Crippen LogP contribution in [-0.4, -0.2) is 6.29 Å². The number of hydrogen-bond donors (Lipinski definition) is 0. The summed E-state index contributed by atoms with van der Waals surface area (Å²) in [4.78, 5) is 10.8. The molecule has 4 heteroatoms. The maximum absolute atomic E-state index is 12.9. The lowest BCUT2D eigenvalue weighted by atomic mass is 10.1. The predicted octanol–water partition coefficient (Wildman–Crippen LogP) is 3.59. The second kappa shape index (κ2) is 3.67. The number of carbonyl (C=O) groups is 1. The molecule has 0 saturated carbocycles. The summed E-state index contributed by atoms with van der Waals surface area (Å²) < 4.78 is 13.7. The number of halogens is 2. The van der Waals surface area contributed by atoms with Gasteiger partial charge in [0.1, 0.15) is 0 Å². The Hall–Kier alpha value is -0.930. The number of hydrogen-bond acceptors (Lipinski definition) is 2. The Kier molecular flexibility index (Phi) is 2.52. The van der Waals surface area contributed by atoms with Crippen molar-refractivity contribution >= 4 is 39.3 Å². The van der Waals surface area contributed by atoms with Gasteiger partial charge in [0, 0.05) is 21.5 Å². The van der Waals surface area contributed by atoms with Gasteiger partial charge in [-0.15, -0.1) is 22.9 Å². The maximum atomic E-state index is 12.9. The summed E-state index contributed by atoms with van der Waals surface area (Å²) in [6, 6.07) is 4.92. The maximum Gasteiger partial charge on any atom is 0.177 e. The highest BCUT2D eigenvalue weighted by Crippen LogP contribution is 2.29.